The molecule has 8 rings (SSSR count). The maximum absolute atomic E-state index is 13.6. The first-order valence-electron chi connectivity index (χ1n) is 26.9. The van der Waals surface area contributed by atoms with Crippen LogP contribution >= 0.6 is 11.3 Å². The largest absolute Gasteiger partial charge is 0.462 e. The van der Waals surface area contributed by atoms with E-state index in [9.17, 15) is 28.8 Å². The van der Waals surface area contributed by atoms with Gasteiger partial charge in [0.1, 0.15) is 35.9 Å². The van der Waals surface area contributed by atoms with Gasteiger partial charge in [-0.2, -0.15) is 0 Å². The minimum atomic E-state index is -0.358. The molecular formula is C56H76O12S. The number of ether oxygens (including phenoxy) is 6. The summed E-state index contributed by atoms with van der Waals surface area (Å²) in [6.07, 6.45) is 19.7. The third kappa shape index (κ3) is 14.0. The van der Waals surface area contributed by atoms with E-state index in [1.807, 2.05) is 17.5 Å². The monoisotopic (exact) mass is 973 g/mol. The van der Waals surface area contributed by atoms with Gasteiger partial charge in [-0.15, -0.1) is 11.3 Å². The van der Waals surface area contributed by atoms with Crippen LogP contribution < -0.4 is 9.47 Å². The Bertz CT molecular complexity index is 2020. The van der Waals surface area contributed by atoms with Gasteiger partial charge in [0.05, 0.1) is 35.5 Å². The molecule has 0 aliphatic heterocycles. The van der Waals surface area contributed by atoms with Crippen molar-refractivity contribution in [3.05, 3.63) is 35.7 Å². The van der Waals surface area contributed by atoms with Crippen LogP contribution in [0.25, 0.3) is 10.4 Å². The molecule has 2 aromatic rings. The Hall–Kier alpha value is -4.26. The van der Waals surface area contributed by atoms with Crippen LogP contribution in [0.4, 0.5) is 0 Å². The van der Waals surface area contributed by atoms with Crippen molar-refractivity contribution in [3.8, 4) is 21.9 Å². The fourth-order valence-electron chi connectivity index (χ4n) is 12.0. The molecule has 1 aromatic heterocycles. The van der Waals surface area contributed by atoms with Gasteiger partial charge >= 0.3 is 35.8 Å². The number of hydrogen-bond acceptors (Lipinski definition) is 13. The van der Waals surface area contributed by atoms with Crippen molar-refractivity contribution in [3.63, 3.8) is 0 Å². The van der Waals surface area contributed by atoms with Crippen molar-refractivity contribution in [1.82, 2.24) is 0 Å². The lowest BCUT2D eigenvalue weighted by molar-refractivity contribution is -0.165. The van der Waals surface area contributed by atoms with Crippen molar-refractivity contribution >= 4 is 47.2 Å². The molecule has 13 heteroatoms. The summed E-state index contributed by atoms with van der Waals surface area (Å²) in [6, 6.07) is 8.91. The van der Waals surface area contributed by atoms with Gasteiger partial charge in [-0.05, 0) is 196 Å². The zero-order valence-corrected chi connectivity index (χ0v) is 41.9. The maximum Gasteiger partial charge on any atom is 0.314 e. The summed E-state index contributed by atoms with van der Waals surface area (Å²) in [5.74, 6) is -0.225. The van der Waals surface area contributed by atoms with Crippen molar-refractivity contribution in [2.75, 3.05) is 0 Å². The zero-order valence-electron chi connectivity index (χ0n) is 41.1. The predicted molar refractivity (Wildman–Crippen MR) is 260 cm³/mol. The van der Waals surface area contributed by atoms with Crippen LogP contribution in [-0.4, -0.2) is 60.2 Å². The van der Waals surface area contributed by atoms with Crippen LogP contribution in [0.5, 0.6) is 11.5 Å². The number of esters is 6. The molecule has 1 aromatic carbocycles. The second-order valence-corrected chi connectivity index (χ2v) is 22.3. The normalized spacial score (nSPS) is 31.9. The average Bonchev–Trinajstić information content (AvgIpc) is 3.93. The average molecular weight is 973 g/mol. The molecule has 0 atom stereocenters. The first kappa shape index (κ1) is 51.1. The fraction of sp³-hybridized carbons (Fsp3) is 0.714. The Morgan fingerprint density at radius 1 is 0.420 bits per heavy atom. The minimum Gasteiger partial charge on any atom is -0.462 e. The Morgan fingerprint density at radius 2 is 0.754 bits per heavy atom. The highest BCUT2D eigenvalue weighted by Gasteiger charge is 2.38. The maximum atomic E-state index is 13.6. The Kier molecular flexibility index (Phi) is 18.3. The first-order chi connectivity index (χ1) is 33.5. The molecule has 378 valence electrons. The summed E-state index contributed by atoms with van der Waals surface area (Å²) in [4.78, 5) is 80.0. The highest BCUT2D eigenvalue weighted by atomic mass is 32.1. The lowest BCUT2D eigenvalue weighted by Crippen LogP contribution is -2.35. The quantitative estimate of drug-likeness (QED) is 0.0946. The number of carbonyl (C=O) groups is 6. The SMILES string of the molecule is CCC1CCC(C(=O)OC2CCC(OC(=O)C3CCC(C(=O)Oc4ccc(OC(=O)C5CCC(C(=O)O[C@H]6CC[C@H](OC(=O)[C@H]7CC[C@H](CC)CC7)CC6)CC5)cc4-c4cccs4)CC3)CC2)CC1. The summed E-state index contributed by atoms with van der Waals surface area (Å²) in [7, 11) is 0. The second kappa shape index (κ2) is 24.7. The van der Waals surface area contributed by atoms with Crippen molar-refractivity contribution < 1.29 is 57.2 Å². The highest BCUT2D eigenvalue weighted by Crippen LogP contribution is 2.40. The van der Waals surface area contributed by atoms with Gasteiger partial charge in [0.2, 0.25) is 0 Å². The molecule has 6 aliphatic rings. The van der Waals surface area contributed by atoms with Crippen LogP contribution in [0.2, 0.25) is 0 Å². The summed E-state index contributed by atoms with van der Waals surface area (Å²) in [5, 5.41) is 1.94. The molecule has 1 heterocycles. The number of benzene rings is 1. The molecule has 12 nitrogen and oxygen atoms in total. The predicted octanol–water partition coefficient (Wildman–Crippen LogP) is 12.1. The van der Waals surface area contributed by atoms with Gasteiger partial charge in [0.25, 0.3) is 0 Å². The highest BCUT2D eigenvalue weighted by molar-refractivity contribution is 7.13. The fourth-order valence-corrected chi connectivity index (χ4v) is 12.7. The Labute approximate surface area is 413 Å². The lowest BCUT2D eigenvalue weighted by atomic mass is 9.81. The topological polar surface area (TPSA) is 158 Å². The summed E-state index contributed by atoms with van der Waals surface area (Å²) in [6.45, 7) is 4.43. The third-order valence-corrected chi connectivity index (χ3v) is 17.7. The van der Waals surface area contributed by atoms with E-state index in [0.717, 1.165) is 68.1 Å². The Balaban J connectivity index is 0.732. The van der Waals surface area contributed by atoms with Gasteiger partial charge < -0.3 is 28.4 Å². The van der Waals surface area contributed by atoms with Crippen molar-refractivity contribution in [1.29, 1.82) is 0 Å². The van der Waals surface area contributed by atoms with Crippen LogP contribution in [0, 0.1) is 47.3 Å². The zero-order chi connectivity index (χ0) is 48.3. The van der Waals surface area contributed by atoms with Crippen LogP contribution in [0.15, 0.2) is 35.7 Å². The lowest BCUT2D eigenvalue weighted by Gasteiger charge is -2.32. The summed E-state index contributed by atoms with van der Waals surface area (Å²) >= 11 is 1.49. The molecule has 69 heavy (non-hydrogen) atoms. The molecule has 0 unspecified atom stereocenters. The molecule has 6 fully saturated rings. The smallest absolute Gasteiger partial charge is 0.314 e. The molecule has 6 aliphatic carbocycles. The van der Waals surface area contributed by atoms with E-state index < -0.39 is 0 Å². The van der Waals surface area contributed by atoms with Gasteiger partial charge in [0, 0.05) is 10.4 Å². The minimum absolute atomic E-state index is 0.0184. The number of rotatable bonds is 15. The van der Waals surface area contributed by atoms with Crippen LogP contribution in [-0.2, 0) is 47.7 Å². The number of thiophene rings is 1. The van der Waals surface area contributed by atoms with Gasteiger partial charge in [-0.3, -0.25) is 28.8 Å². The van der Waals surface area contributed by atoms with E-state index in [1.165, 1.54) is 24.2 Å². The molecule has 0 bridgehead atoms. The molecular weight excluding hydrogens is 897 g/mol. The number of hydrogen-bond donors (Lipinski definition) is 0. The first-order valence-corrected chi connectivity index (χ1v) is 27.8. The molecule has 0 radical (unpaired) electrons. The summed E-state index contributed by atoms with van der Waals surface area (Å²) < 4.78 is 35.7. The van der Waals surface area contributed by atoms with Crippen molar-refractivity contribution in [2.45, 2.75) is 205 Å². The van der Waals surface area contributed by atoms with E-state index in [0.29, 0.717) is 120 Å². The Morgan fingerprint density at radius 3 is 1.09 bits per heavy atom. The van der Waals surface area contributed by atoms with Crippen LogP contribution in [0.3, 0.4) is 0 Å². The summed E-state index contributed by atoms with van der Waals surface area (Å²) in [5.41, 5.74) is 0.650. The van der Waals surface area contributed by atoms with Crippen LogP contribution in [0.1, 0.15) is 181 Å². The van der Waals surface area contributed by atoms with Crippen molar-refractivity contribution in [2.24, 2.45) is 47.3 Å². The molecule has 0 amide bonds. The second-order valence-electron chi connectivity index (χ2n) is 21.4. The van der Waals surface area contributed by atoms with Gasteiger partial charge in [-0.25, -0.2) is 0 Å². The van der Waals surface area contributed by atoms with E-state index in [2.05, 4.69) is 13.8 Å². The van der Waals surface area contributed by atoms with E-state index in [-0.39, 0.29) is 95.7 Å². The standard InChI is InChI=1S/C56H76O12S/c1-3-35-7-11-37(12-8-35)51(57)63-43-23-27-45(28-24-43)65-53(59)39-15-17-41(18-16-39)55(61)67-47-31-32-49(48(34-47)50-6-5-33-69-50)68-56(62)42-21-19-40(20-22-42)54(60)66-46-29-25-44(26-30-46)64-52(58)38-13-9-36(4-2)10-14-38/h5-6,31-46H,3-4,7-30H2,1-2H3/t35-,36?,37-,38?,39?,40?,41?,42?,43-,44?,45-,46?. The molecule has 0 N–H and O–H groups in total. The van der Waals surface area contributed by atoms with E-state index in [4.69, 9.17) is 28.4 Å². The van der Waals surface area contributed by atoms with Gasteiger partial charge in [0.15, 0.2) is 0 Å². The van der Waals surface area contributed by atoms with E-state index in [1.54, 1.807) is 18.2 Å². The number of carbonyl (C=O) groups excluding carboxylic acids is 6. The molecule has 0 saturated heterocycles. The van der Waals surface area contributed by atoms with E-state index >= 15 is 0 Å². The van der Waals surface area contributed by atoms with Gasteiger partial charge in [-0.1, -0.05) is 32.8 Å². The third-order valence-electron chi connectivity index (χ3n) is 16.8. The molecule has 0 spiro atoms. The molecule has 6 saturated carbocycles.